The van der Waals surface area contributed by atoms with Gasteiger partial charge in [-0.2, -0.15) is 0 Å². The van der Waals surface area contributed by atoms with Gasteiger partial charge in [-0.1, -0.05) is 18.2 Å². The molecule has 1 aliphatic heterocycles. The maximum absolute atomic E-state index is 11.7. The van der Waals surface area contributed by atoms with E-state index in [4.69, 9.17) is 0 Å². The second-order valence-corrected chi connectivity index (χ2v) is 4.34. The highest BCUT2D eigenvalue weighted by Crippen LogP contribution is 2.32. The number of fused-ring (bicyclic) bond motifs is 1. The molecule has 1 heterocycles. The summed E-state index contributed by atoms with van der Waals surface area (Å²) in [5.41, 5.74) is 0. The van der Waals surface area contributed by atoms with Crippen LogP contribution in [-0.2, 0) is 0 Å². The predicted molar refractivity (Wildman–Crippen MR) is 60.5 cm³/mol. The van der Waals surface area contributed by atoms with Crippen LogP contribution in [0.2, 0.25) is 0 Å². The first kappa shape index (κ1) is 10.3. The van der Waals surface area contributed by atoms with Gasteiger partial charge in [0.25, 0.3) is 0 Å². The molecule has 2 amide bonds. The molecule has 2 aliphatic rings. The summed E-state index contributed by atoms with van der Waals surface area (Å²) in [7, 11) is 0. The smallest absolute Gasteiger partial charge is 0.317 e. The fourth-order valence-electron chi connectivity index (χ4n) is 2.45. The van der Waals surface area contributed by atoms with E-state index in [1.807, 2.05) is 4.90 Å². The average molecular weight is 206 g/mol. The van der Waals surface area contributed by atoms with Gasteiger partial charge in [-0.05, 0) is 24.7 Å². The molecule has 2 rings (SSSR count). The highest BCUT2D eigenvalue weighted by Gasteiger charge is 2.34. The van der Waals surface area contributed by atoms with Gasteiger partial charge in [0, 0.05) is 19.6 Å². The Hall–Kier alpha value is -1.25. The Morgan fingerprint density at radius 1 is 1.40 bits per heavy atom. The number of carbonyl (C=O) groups excluding carboxylic acids is 1. The van der Waals surface area contributed by atoms with Gasteiger partial charge in [-0.3, -0.25) is 0 Å². The fraction of sp³-hybridized carbons (Fsp3) is 0.583. The molecule has 3 nitrogen and oxygen atoms in total. The number of carbonyl (C=O) groups is 1. The van der Waals surface area contributed by atoms with Gasteiger partial charge in [-0.15, -0.1) is 6.58 Å². The summed E-state index contributed by atoms with van der Waals surface area (Å²) >= 11 is 0. The van der Waals surface area contributed by atoms with Crippen LogP contribution in [0.15, 0.2) is 24.8 Å². The van der Waals surface area contributed by atoms with Crippen molar-refractivity contribution in [3.63, 3.8) is 0 Å². The Balaban J connectivity index is 1.87. The lowest BCUT2D eigenvalue weighted by atomic mass is 9.86. The topological polar surface area (TPSA) is 32.3 Å². The zero-order valence-corrected chi connectivity index (χ0v) is 8.98. The first-order valence-electron chi connectivity index (χ1n) is 5.60. The van der Waals surface area contributed by atoms with Crippen LogP contribution >= 0.6 is 0 Å². The highest BCUT2D eigenvalue weighted by molar-refractivity contribution is 5.74. The molecule has 1 fully saturated rings. The van der Waals surface area contributed by atoms with Crippen LogP contribution in [0.1, 0.15) is 12.8 Å². The number of nitrogens with one attached hydrogen (secondary N) is 1. The first-order chi connectivity index (χ1) is 7.31. The van der Waals surface area contributed by atoms with Crippen molar-refractivity contribution < 1.29 is 4.79 Å². The molecule has 1 saturated heterocycles. The first-order valence-corrected chi connectivity index (χ1v) is 5.60. The summed E-state index contributed by atoms with van der Waals surface area (Å²) in [5.74, 6) is 1.37. The number of nitrogens with zero attached hydrogens (tertiary/aromatic N) is 1. The third-order valence-electron chi connectivity index (χ3n) is 3.31. The minimum Gasteiger partial charge on any atom is -0.335 e. The molecular weight excluding hydrogens is 188 g/mol. The van der Waals surface area contributed by atoms with Crippen LogP contribution in [-0.4, -0.2) is 30.6 Å². The molecule has 15 heavy (non-hydrogen) atoms. The summed E-state index contributed by atoms with van der Waals surface area (Å²) in [4.78, 5) is 13.6. The van der Waals surface area contributed by atoms with Gasteiger partial charge in [0.05, 0.1) is 0 Å². The summed E-state index contributed by atoms with van der Waals surface area (Å²) < 4.78 is 0. The molecule has 1 aliphatic carbocycles. The highest BCUT2D eigenvalue weighted by atomic mass is 16.2. The van der Waals surface area contributed by atoms with Gasteiger partial charge in [0.2, 0.25) is 0 Å². The van der Waals surface area contributed by atoms with E-state index in [-0.39, 0.29) is 6.03 Å². The Morgan fingerprint density at radius 3 is 2.53 bits per heavy atom. The molecule has 1 N–H and O–H groups in total. The Kier molecular flexibility index (Phi) is 3.09. The number of likely N-dealkylation sites (tertiary alicyclic amines) is 1. The summed E-state index contributed by atoms with van der Waals surface area (Å²) in [5, 5.41) is 2.83. The van der Waals surface area contributed by atoms with Gasteiger partial charge < -0.3 is 10.2 Å². The number of amides is 2. The second-order valence-electron chi connectivity index (χ2n) is 4.34. The number of rotatable bonds is 2. The monoisotopic (exact) mass is 206 g/mol. The van der Waals surface area contributed by atoms with Gasteiger partial charge in [0.1, 0.15) is 0 Å². The normalized spacial score (nSPS) is 28.7. The lowest BCUT2D eigenvalue weighted by Crippen LogP contribution is -2.38. The Labute approximate surface area is 90.8 Å². The van der Waals surface area contributed by atoms with E-state index in [1.165, 1.54) is 0 Å². The van der Waals surface area contributed by atoms with Crippen molar-refractivity contribution >= 4 is 6.03 Å². The summed E-state index contributed by atoms with van der Waals surface area (Å²) in [6.07, 6.45) is 8.47. The molecule has 0 saturated carbocycles. The van der Waals surface area contributed by atoms with E-state index >= 15 is 0 Å². The van der Waals surface area contributed by atoms with Crippen molar-refractivity contribution in [3.05, 3.63) is 24.8 Å². The van der Waals surface area contributed by atoms with Crippen LogP contribution in [0.4, 0.5) is 4.79 Å². The maximum atomic E-state index is 11.7. The van der Waals surface area contributed by atoms with Gasteiger partial charge >= 0.3 is 6.03 Å². The van der Waals surface area contributed by atoms with Gasteiger partial charge in [-0.25, -0.2) is 4.79 Å². The molecule has 0 aromatic carbocycles. The third-order valence-corrected chi connectivity index (χ3v) is 3.31. The van der Waals surface area contributed by atoms with Crippen molar-refractivity contribution in [1.29, 1.82) is 0 Å². The Morgan fingerprint density at radius 2 is 2.00 bits per heavy atom. The standard InChI is InChI=1S/C12H18N2O/c1-2-7-13-12(15)14-8-10-5-3-4-6-11(10)9-14/h2-4,10-11H,1,5-9H2,(H,13,15). The molecule has 0 bridgehead atoms. The number of allylic oxidation sites excluding steroid dienone is 2. The van der Waals surface area contributed by atoms with Crippen molar-refractivity contribution in [2.75, 3.05) is 19.6 Å². The quantitative estimate of drug-likeness (QED) is 0.686. The molecule has 0 radical (unpaired) electrons. The van der Waals surface area contributed by atoms with Crippen molar-refractivity contribution in [2.24, 2.45) is 11.8 Å². The molecule has 3 heteroatoms. The molecular formula is C12H18N2O. The molecule has 2 unspecified atom stereocenters. The van der Waals surface area contributed by atoms with E-state index in [0.29, 0.717) is 18.4 Å². The minimum absolute atomic E-state index is 0.0595. The third kappa shape index (κ3) is 2.22. The fourth-order valence-corrected chi connectivity index (χ4v) is 2.45. The number of urea groups is 1. The largest absolute Gasteiger partial charge is 0.335 e. The summed E-state index contributed by atoms with van der Waals surface area (Å²) in [6.45, 7) is 5.98. The van der Waals surface area contributed by atoms with Crippen LogP contribution in [0.3, 0.4) is 0 Å². The minimum atomic E-state index is 0.0595. The lowest BCUT2D eigenvalue weighted by Gasteiger charge is -2.17. The number of hydrogen-bond donors (Lipinski definition) is 1. The SMILES string of the molecule is C=CCNC(=O)N1CC2CC=CCC2C1. The lowest BCUT2D eigenvalue weighted by molar-refractivity contribution is 0.207. The molecule has 0 aromatic rings. The average Bonchev–Trinajstić information content (AvgIpc) is 2.69. The zero-order valence-electron chi connectivity index (χ0n) is 8.98. The van der Waals surface area contributed by atoms with E-state index in [2.05, 4.69) is 24.0 Å². The van der Waals surface area contributed by atoms with E-state index in [0.717, 1.165) is 25.9 Å². The molecule has 2 atom stereocenters. The number of hydrogen-bond acceptors (Lipinski definition) is 1. The van der Waals surface area contributed by atoms with Crippen LogP contribution in [0, 0.1) is 11.8 Å². The van der Waals surface area contributed by atoms with Crippen LogP contribution in [0.25, 0.3) is 0 Å². The summed E-state index contributed by atoms with van der Waals surface area (Å²) in [6, 6.07) is 0.0595. The van der Waals surface area contributed by atoms with E-state index < -0.39 is 0 Å². The van der Waals surface area contributed by atoms with Gasteiger partial charge in [0.15, 0.2) is 0 Å². The van der Waals surface area contributed by atoms with Crippen LogP contribution < -0.4 is 5.32 Å². The second kappa shape index (κ2) is 4.51. The van der Waals surface area contributed by atoms with Crippen molar-refractivity contribution in [1.82, 2.24) is 10.2 Å². The maximum Gasteiger partial charge on any atom is 0.317 e. The van der Waals surface area contributed by atoms with Crippen molar-refractivity contribution in [2.45, 2.75) is 12.8 Å². The zero-order chi connectivity index (χ0) is 10.7. The predicted octanol–water partition coefficient (Wildman–Crippen LogP) is 1.78. The molecule has 0 spiro atoms. The molecule has 82 valence electrons. The van der Waals surface area contributed by atoms with E-state index in [1.54, 1.807) is 6.08 Å². The van der Waals surface area contributed by atoms with Crippen LogP contribution in [0.5, 0.6) is 0 Å². The van der Waals surface area contributed by atoms with Crippen molar-refractivity contribution in [3.8, 4) is 0 Å². The van der Waals surface area contributed by atoms with E-state index in [9.17, 15) is 4.79 Å². The Bertz CT molecular complexity index is 269. The molecule has 0 aromatic heterocycles.